The van der Waals surface area contributed by atoms with E-state index >= 15 is 0 Å². The molecule has 1 aromatic rings. The first kappa shape index (κ1) is 8.74. The van der Waals surface area contributed by atoms with Crippen LogP contribution in [0.2, 0.25) is 0 Å². The molecule has 1 aliphatic heterocycles. The number of aliphatic hydroxyl groups is 2. The first-order chi connectivity index (χ1) is 6.18. The minimum Gasteiger partial charge on any atom is -0.472 e. The van der Waals surface area contributed by atoms with Crippen molar-refractivity contribution in [3.63, 3.8) is 0 Å². The number of fused-ring (bicyclic) bond motifs is 1. The van der Waals surface area contributed by atoms with E-state index in [1.54, 1.807) is 6.92 Å². The Balaban J connectivity index is 2.47. The van der Waals surface area contributed by atoms with Gasteiger partial charge in [-0.1, -0.05) is 6.92 Å². The summed E-state index contributed by atoms with van der Waals surface area (Å²) in [4.78, 5) is 0. The third-order valence-corrected chi connectivity index (χ3v) is 2.55. The van der Waals surface area contributed by atoms with Crippen LogP contribution < -0.4 is 0 Å². The smallest absolute Gasteiger partial charge is 0.188 e. The normalized spacial score (nSPS) is 33.0. The summed E-state index contributed by atoms with van der Waals surface area (Å²) in [5.41, 5.74) is 0.115. The summed E-state index contributed by atoms with van der Waals surface area (Å²) in [6.07, 6.45) is 2.22. The second-order valence-corrected chi connectivity index (χ2v) is 3.25. The summed E-state index contributed by atoms with van der Waals surface area (Å²) in [5, 5.41) is 19.5. The number of aliphatic hydroxyl groups excluding tert-OH is 1. The zero-order chi connectivity index (χ0) is 9.47. The summed E-state index contributed by atoms with van der Waals surface area (Å²) in [7, 11) is 0. The lowest BCUT2D eigenvalue weighted by atomic mass is 9.88. The van der Waals surface area contributed by atoms with Crippen LogP contribution >= 0.6 is 0 Å². The fraction of sp³-hybridized carbons (Fsp3) is 0.556. The van der Waals surface area contributed by atoms with Gasteiger partial charge in [0.05, 0.1) is 19.1 Å². The third kappa shape index (κ3) is 1.10. The number of hydrogen-bond donors (Lipinski definition) is 2. The minimum absolute atomic E-state index is 0.287. The largest absolute Gasteiger partial charge is 0.472 e. The molecule has 4 heteroatoms. The van der Waals surface area contributed by atoms with Crippen molar-refractivity contribution >= 4 is 0 Å². The topological polar surface area (TPSA) is 62.8 Å². The van der Waals surface area contributed by atoms with Gasteiger partial charge in [0, 0.05) is 11.1 Å². The summed E-state index contributed by atoms with van der Waals surface area (Å²) in [6, 6.07) is 0. The molecule has 0 aromatic carbocycles. The molecule has 1 aromatic heterocycles. The van der Waals surface area contributed by atoms with Crippen molar-refractivity contribution in [1.82, 2.24) is 0 Å². The highest BCUT2D eigenvalue weighted by Crippen LogP contribution is 2.37. The van der Waals surface area contributed by atoms with Gasteiger partial charge in [-0.15, -0.1) is 0 Å². The SMILES string of the molecule is CC[C@]1(O)c2cocc2COC1O. The van der Waals surface area contributed by atoms with E-state index in [1.165, 1.54) is 12.5 Å². The lowest BCUT2D eigenvalue weighted by Crippen LogP contribution is -2.43. The number of ether oxygens (including phenoxy) is 1. The number of rotatable bonds is 1. The lowest BCUT2D eigenvalue weighted by molar-refractivity contribution is -0.236. The summed E-state index contributed by atoms with van der Waals surface area (Å²) < 4.78 is 9.98. The molecule has 0 saturated carbocycles. The summed E-state index contributed by atoms with van der Waals surface area (Å²) in [6.45, 7) is 2.07. The van der Waals surface area contributed by atoms with Crippen molar-refractivity contribution in [2.75, 3.05) is 0 Å². The van der Waals surface area contributed by atoms with Gasteiger partial charge >= 0.3 is 0 Å². The molecule has 2 heterocycles. The predicted molar refractivity (Wildman–Crippen MR) is 43.7 cm³/mol. The van der Waals surface area contributed by atoms with Crippen LogP contribution in [0, 0.1) is 0 Å². The Bertz CT molecular complexity index is 306. The quantitative estimate of drug-likeness (QED) is 0.675. The van der Waals surface area contributed by atoms with Gasteiger partial charge in [0.15, 0.2) is 6.29 Å². The molecule has 0 amide bonds. The van der Waals surface area contributed by atoms with Crippen LogP contribution in [0.25, 0.3) is 0 Å². The second-order valence-electron chi connectivity index (χ2n) is 3.25. The molecule has 0 radical (unpaired) electrons. The predicted octanol–water partition coefficient (Wildman–Crippen LogP) is 0.726. The van der Waals surface area contributed by atoms with Crippen molar-refractivity contribution in [3.05, 3.63) is 23.7 Å². The number of hydrogen-bond acceptors (Lipinski definition) is 4. The van der Waals surface area contributed by atoms with Crippen molar-refractivity contribution in [1.29, 1.82) is 0 Å². The van der Waals surface area contributed by atoms with Crippen molar-refractivity contribution in [2.24, 2.45) is 0 Å². The van der Waals surface area contributed by atoms with Crippen molar-refractivity contribution in [3.8, 4) is 0 Å². The monoisotopic (exact) mass is 184 g/mol. The fourth-order valence-corrected chi connectivity index (χ4v) is 1.62. The van der Waals surface area contributed by atoms with Crippen LogP contribution in [0.1, 0.15) is 24.5 Å². The summed E-state index contributed by atoms with van der Waals surface area (Å²) >= 11 is 0. The van der Waals surface area contributed by atoms with E-state index in [-0.39, 0.29) is 6.61 Å². The zero-order valence-corrected chi connectivity index (χ0v) is 7.36. The van der Waals surface area contributed by atoms with E-state index in [1.807, 2.05) is 0 Å². The van der Waals surface area contributed by atoms with E-state index in [0.29, 0.717) is 12.0 Å². The van der Waals surface area contributed by atoms with Gasteiger partial charge in [-0.2, -0.15) is 0 Å². The Hall–Kier alpha value is -0.840. The van der Waals surface area contributed by atoms with E-state index in [0.717, 1.165) is 5.56 Å². The Kier molecular flexibility index (Phi) is 1.91. The molecule has 2 rings (SSSR count). The lowest BCUT2D eigenvalue weighted by Gasteiger charge is -2.35. The van der Waals surface area contributed by atoms with Crippen molar-refractivity contribution in [2.45, 2.75) is 31.8 Å². The first-order valence-electron chi connectivity index (χ1n) is 4.26. The highest BCUT2D eigenvalue weighted by molar-refractivity contribution is 5.29. The molecule has 72 valence electrons. The fourth-order valence-electron chi connectivity index (χ4n) is 1.62. The maximum atomic E-state index is 10.1. The molecular formula is C9H12O4. The third-order valence-electron chi connectivity index (χ3n) is 2.55. The van der Waals surface area contributed by atoms with Crippen LogP contribution in [0.3, 0.4) is 0 Å². The maximum Gasteiger partial charge on any atom is 0.188 e. The Morgan fingerprint density at radius 2 is 2.38 bits per heavy atom. The van der Waals surface area contributed by atoms with Crippen LogP contribution in [0.15, 0.2) is 16.9 Å². The van der Waals surface area contributed by atoms with Crippen LogP contribution in [0.5, 0.6) is 0 Å². The van der Waals surface area contributed by atoms with Gasteiger partial charge in [0.25, 0.3) is 0 Å². The molecule has 1 unspecified atom stereocenters. The van der Waals surface area contributed by atoms with Gasteiger partial charge in [-0.3, -0.25) is 0 Å². The average molecular weight is 184 g/mol. The number of furan rings is 1. The van der Waals surface area contributed by atoms with Crippen LogP contribution in [-0.4, -0.2) is 16.5 Å². The molecule has 0 spiro atoms. The molecule has 4 nitrogen and oxygen atoms in total. The molecule has 2 atom stereocenters. The molecular weight excluding hydrogens is 172 g/mol. The molecule has 13 heavy (non-hydrogen) atoms. The Morgan fingerprint density at radius 3 is 3.08 bits per heavy atom. The highest BCUT2D eigenvalue weighted by Gasteiger charge is 2.42. The molecule has 0 fully saturated rings. The van der Waals surface area contributed by atoms with Crippen LogP contribution in [-0.2, 0) is 16.9 Å². The first-order valence-corrected chi connectivity index (χ1v) is 4.26. The van der Waals surface area contributed by atoms with E-state index in [9.17, 15) is 10.2 Å². The molecule has 0 saturated heterocycles. The molecule has 2 N–H and O–H groups in total. The maximum absolute atomic E-state index is 10.1. The molecule has 1 aliphatic rings. The molecule has 0 aliphatic carbocycles. The average Bonchev–Trinajstić information content (AvgIpc) is 2.60. The Labute approximate surface area is 75.7 Å². The molecule has 0 bridgehead atoms. The summed E-state index contributed by atoms with van der Waals surface area (Å²) in [5.74, 6) is 0. The zero-order valence-electron chi connectivity index (χ0n) is 7.36. The minimum atomic E-state index is -1.32. The van der Waals surface area contributed by atoms with Gasteiger partial charge in [-0.05, 0) is 6.42 Å². The van der Waals surface area contributed by atoms with Crippen molar-refractivity contribution < 1.29 is 19.4 Å². The van der Waals surface area contributed by atoms with Crippen LogP contribution in [0.4, 0.5) is 0 Å². The van der Waals surface area contributed by atoms with E-state index in [4.69, 9.17) is 9.15 Å². The van der Waals surface area contributed by atoms with Gasteiger partial charge < -0.3 is 19.4 Å². The van der Waals surface area contributed by atoms with Gasteiger partial charge in [0.1, 0.15) is 5.60 Å². The van der Waals surface area contributed by atoms with Gasteiger partial charge in [0.2, 0.25) is 0 Å². The van der Waals surface area contributed by atoms with Gasteiger partial charge in [-0.25, -0.2) is 0 Å². The highest BCUT2D eigenvalue weighted by atomic mass is 16.6. The van der Waals surface area contributed by atoms with E-state index in [2.05, 4.69) is 0 Å². The standard InChI is InChI=1S/C9H12O4/c1-2-9(11)7-5-12-3-6(7)4-13-8(9)10/h3,5,8,10-11H,2,4H2,1H3/t8?,9-/m0/s1. The second kappa shape index (κ2) is 2.83. The van der Waals surface area contributed by atoms with E-state index < -0.39 is 11.9 Å². The Morgan fingerprint density at radius 1 is 1.62 bits per heavy atom.